The summed E-state index contributed by atoms with van der Waals surface area (Å²) >= 11 is 3.49. The summed E-state index contributed by atoms with van der Waals surface area (Å²) in [5.74, 6) is 2.20. The summed E-state index contributed by atoms with van der Waals surface area (Å²) in [7, 11) is 3.64. The molecule has 1 aliphatic carbocycles. The maximum Gasteiger partial charge on any atom is 0.234 e. The molecular weight excluding hydrogens is 368 g/mol. The molecule has 3 atom stereocenters. The molecule has 5 heteroatoms. The zero-order valence-electron chi connectivity index (χ0n) is 15.1. The van der Waals surface area contributed by atoms with Crippen LogP contribution in [0.25, 0.3) is 0 Å². The number of benzene rings is 1. The average molecular weight is 397 g/mol. The van der Waals surface area contributed by atoms with Gasteiger partial charge in [-0.3, -0.25) is 9.69 Å². The van der Waals surface area contributed by atoms with Gasteiger partial charge in [-0.2, -0.15) is 0 Å². The number of rotatable bonds is 6. The number of methoxy groups -OCH3 is 1. The van der Waals surface area contributed by atoms with Crippen LogP contribution in [0.2, 0.25) is 0 Å². The Morgan fingerprint density at radius 1 is 1.38 bits per heavy atom. The van der Waals surface area contributed by atoms with E-state index in [1.165, 1.54) is 12.8 Å². The lowest BCUT2D eigenvalue weighted by Crippen LogP contribution is -2.46. The first-order valence-electron chi connectivity index (χ1n) is 8.71. The van der Waals surface area contributed by atoms with E-state index in [1.54, 1.807) is 7.11 Å². The molecule has 0 spiro atoms. The van der Waals surface area contributed by atoms with Crippen molar-refractivity contribution in [1.29, 1.82) is 0 Å². The molecule has 0 aliphatic heterocycles. The van der Waals surface area contributed by atoms with Gasteiger partial charge in [0.15, 0.2) is 0 Å². The van der Waals surface area contributed by atoms with Crippen molar-refractivity contribution in [2.75, 3.05) is 20.7 Å². The van der Waals surface area contributed by atoms with Crippen LogP contribution in [0.15, 0.2) is 22.7 Å². The summed E-state index contributed by atoms with van der Waals surface area (Å²) < 4.78 is 6.42. The molecule has 1 aromatic carbocycles. The van der Waals surface area contributed by atoms with Crippen molar-refractivity contribution < 1.29 is 9.53 Å². The molecule has 4 nitrogen and oxygen atoms in total. The molecule has 0 radical (unpaired) electrons. The summed E-state index contributed by atoms with van der Waals surface area (Å²) in [4.78, 5) is 14.4. The highest BCUT2D eigenvalue weighted by atomic mass is 79.9. The molecule has 0 aromatic heterocycles. The molecule has 1 aliphatic rings. The number of likely N-dealkylation sites (N-methyl/N-ethyl adjacent to an activating group) is 1. The number of carbonyl (C=O) groups excluding carboxylic acids is 1. The lowest BCUT2D eigenvalue weighted by molar-refractivity contribution is -0.123. The zero-order valence-corrected chi connectivity index (χ0v) is 16.7. The van der Waals surface area contributed by atoms with Gasteiger partial charge in [-0.1, -0.05) is 42.6 Å². The van der Waals surface area contributed by atoms with Gasteiger partial charge >= 0.3 is 0 Å². The van der Waals surface area contributed by atoms with Crippen molar-refractivity contribution in [1.82, 2.24) is 10.2 Å². The Morgan fingerprint density at radius 3 is 2.83 bits per heavy atom. The van der Waals surface area contributed by atoms with Crippen LogP contribution >= 0.6 is 15.9 Å². The molecule has 1 saturated carbocycles. The fraction of sp³-hybridized carbons (Fsp3) is 0.632. The Kier molecular flexibility index (Phi) is 7.11. The van der Waals surface area contributed by atoms with Gasteiger partial charge in [0.1, 0.15) is 5.75 Å². The van der Waals surface area contributed by atoms with E-state index in [2.05, 4.69) is 35.1 Å². The van der Waals surface area contributed by atoms with Crippen LogP contribution in [0.4, 0.5) is 0 Å². The van der Waals surface area contributed by atoms with Gasteiger partial charge in [0.05, 0.1) is 13.7 Å². The molecule has 0 saturated heterocycles. The normalized spacial score (nSPS) is 24.0. The van der Waals surface area contributed by atoms with Gasteiger partial charge in [0, 0.05) is 22.6 Å². The highest BCUT2D eigenvalue weighted by Crippen LogP contribution is 2.29. The van der Waals surface area contributed by atoms with E-state index in [0.29, 0.717) is 31.0 Å². The van der Waals surface area contributed by atoms with Crippen LogP contribution in [0, 0.1) is 11.8 Å². The highest BCUT2D eigenvalue weighted by molar-refractivity contribution is 9.10. The Bertz CT molecular complexity index is 564. The third-order valence-electron chi connectivity index (χ3n) is 5.15. The SMILES string of the molecule is COc1ccc(Br)cc1CN(C)CC(=O)N[C@@H]1CCC[C@@H](C)[C@@H]1C. The minimum atomic E-state index is 0.109. The summed E-state index contributed by atoms with van der Waals surface area (Å²) in [5, 5.41) is 3.23. The third-order valence-corrected chi connectivity index (χ3v) is 5.64. The Balaban J connectivity index is 1.89. The molecule has 134 valence electrons. The van der Waals surface area contributed by atoms with Gasteiger partial charge in [0.2, 0.25) is 5.91 Å². The number of hydrogen-bond acceptors (Lipinski definition) is 3. The number of ether oxygens (including phenoxy) is 1. The van der Waals surface area contributed by atoms with E-state index in [1.807, 2.05) is 30.1 Å². The number of amides is 1. The number of nitrogens with zero attached hydrogens (tertiary/aromatic N) is 1. The number of nitrogens with one attached hydrogen (secondary N) is 1. The molecule has 0 bridgehead atoms. The van der Waals surface area contributed by atoms with Crippen molar-refractivity contribution in [2.45, 2.75) is 45.7 Å². The van der Waals surface area contributed by atoms with Gasteiger partial charge < -0.3 is 10.1 Å². The first kappa shape index (κ1) is 19.3. The van der Waals surface area contributed by atoms with E-state index in [0.717, 1.165) is 22.2 Å². The van der Waals surface area contributed by atoms with Crippen molar-refractivity contribution in [2.24, 2.45) is 11.8 Å². The molecule has 1 N–H and O–H groups in total. The first-order chi connectivity index (χ1) is 11.4. The predicted molar refractivity (Wildman–Crippen MR) is 101 cm³/mol. The second kappa shape index (κ2) is 8.86. The molecule has 1 aromatic rings. The number of halogens is 1. The van der Waals surface area contributed by atoms with Gasteiger partial charge in [-0.25, -0.2) is 0 Å². The largest absolute Gasteiger partial charge is 0.496 e. The number of hydrogen-bond donors (Lipinski definition) is 1. The van der Waals surface area contributed by atoms with Gasteiger partial charge in [0.25, 0.3) is 0 Å². The summed E-state index contributed by atoms with van der Waals surface area (Å²) in [5.41, 5.74) is 1.07. The van der Waals surface area contributed by atoms with Crippen molar-refractivity contribution in [3.05, 3.63) is 28.2 Å². The molecule has 1 fully saturated rings. The third kappa shape index (κ3) is 5.21. The second-order valence-corrected chi connectivity index (χ2v) is 7.99. The molecule has 24 heavy (non-hydrogen) atoms. The van der Waals surface area contributed by atoms with Crippen molar-refractivity contribution in [3.8, 4) is 5.75 Å². The van der Waals surface area contributed by atoms with Gasteiger partial charge in [-0.15, -0.1) is 0 Å². The predicted octanol–water partition coefficient (Wildman–Crippen LogP) is 3.83. The smallest absolute Gasteiger partial charge is 0.234 e. The molecule has 1 amide bonds. The van der Waals surface area contributed by atoms with E-state index in [-0.39, 0.29) is 5.91 Å². The molecule has 2 rings (SSSR count). The quantitative estimate of drug-likeness (QED) is 0.793. The van der Waals surface area contributed by atoms with Crippen molar-refractivity contribution in [3.63, 3.8) is 0 Å². The van der Waals surface area contributed by atoms with Crippen molar-refractivity contribution >= 4 is 21.8 Å². The minimum absolute atomic E-state index is 0.109. The monoisotopic (exact) mass is 396 g/mol. The van der Waals surface area contributed by atoms with Crippen LogP contribution in [0.3, 0.4) is 0 Å². The van der Waals surface area contributed by atoms with Crippen LogP contribution < -0.4 is 10.1 Å². The minimum Gasteiger partial charge on any atom is -0.496 e. The van der Waals surface area contributed by atoms with Crippen LogP contribution in [0.1, 0.15) is 38.7 Å². The Morgan fingerprint density at radius 2 is 2.12 bits per heavy atom. The van der Waals surface area contributed by atoms with E-state index in [4.69, 9.17) is 4.74 Å². The standard InChI is InChI=1S/C19H29BrN2O2/c1-13-6-5-7-17(14(13)2)21-19(23)12-22(3)11-15-10-16(20)8-9-18(15)24-4/h8-10,13-14,17H,5-7,11-12H2,1-4H3,(H,21,23)/t13-,14+,17-/m1/s1. The Labute approximate surface area is 154 Å². The summed E-state index contributed by atoms with van der Waals surface area (Å²) in [6, 6.07) is 6.26. The van der Waals surface area contributed by atoms with E-state index in [9.17, 15) is 4.79 Å². The fourth-order valence-corrected chi connectivity index (χ4v) is 3.91. The molecular formula is C19H29BrN2O2. The van der Waals surface area contributed by atoms with Crippen LogP contribution in [0.5, 0.6) is 5.75 Å². The van der Waals surface area contributed by atoms with E-state index >= 15 is 0 Å². The second-order valence-electron chi connectivity index (χ2n) is 7.07. The number of carbonyl (C=O) groups is 1. The summed E-state index contributed by atoms with van der Waals surface area (Å²) in [6.07, 6.45) is 3.58. The lowest BCUT2D eigenvalue weighted by Gasteiger charge is -2.35. The zero-order chi connectivity index (χ0) is 17.7. The molecule has 0 unspecified atom stereocenters. The average Bonchev–Trinajstić information content (AvgIpc) is 2.52. The van der Waals surface area contributed by atoms with Gasteiger partial charge in [-0.05, 0) is 43.5 Å². The van der Waals surface area contributed by atoms with Crippen LogP contribution in [-0.4, -0.2) is 37.6 Å². The molecule has 0 heterocycles. The topological polar surface area (TPSA) is 41.6 Å². The maximum absolute atomic E-state index is 12.4. The highest BCUT2D eigenvalue weighted by Gasteiger charge is 2.28. The lowest BCUT2D eigenvalue weighted by atomic mass is 9.78. The first-order valence-corrected chi connectivity index (χ1v) is 9.50. The Hall–Kier alpha value is -1.07. The van der Waals surface area contributed by atoms with E-state index < -0.39 is 0 Å². The van der Waals surface area contributed by atoms with Crippen LogP contribution in [-0.2, 0) is 11.3 Å². The summed E-state index contributed by atoms with van der Waals surface area (Å²) in [6.45, 7) is 5.61. The maximum atomic E-state index is 12.4. The fourth-order valence-electron chi connectivity index (χ4n) is 3.50.